The van der Waals surface area contributed by atoms with Crippen molar-refractivity contribution in [1.82, 2.24) is 14.7 Å². The van der Waals surface area contributed by atoms with Crippen molar-refractivity contribution in [2.24, 2.45) is 0 Å². The summed E-state index contributed by atoms with van der Waals surface area (Å²) < 4.78 is 1.97. The van der Waals surface area contributed by atoms with Gasteiger partial charge >= 0.3 is 0 Å². The lowest BCUT2D eigenvalue weighted by Gasteiger charge is -2.38. The monoisotopic (exact) mass is 367 g/mol. The highest BCUT2D eigenvalue weighted by Crippen LogP contribution is 2.33. The number of aromatic nitrogens is 2. The van der Waals surface area contributed by atoms with E-state index < -0.39 is 0 Å². The van der Waals surface area contributed by atoms with Crippen LogP contribution in [0.5, 0.6) is 0 Å². The summed E-state index contributed by atoms with van der Waals surface area (Å²) in [6.07, 6.45) is 3.40. The molecule has 1 fully saturated rings. The summed E-state index contributed by atoms with van der Waals surface area (Å²) in [4.78, 5) is 17.2. The molecule has 0 aliphatic carbocycles. The third kappa shape index (κ3) is 2.84. The first-order valence-electron chi connectivity index (χ1n) is 9.34. The number of piperidine rings is 1. The van der Waals surface area contributed by atoms with E-state index >= 15 is 0 Å². The van der Waals surface area contributed by atoms with Crippen molar-refractivity contribution < 1.29 is 4.79 Å². The molecule has 26 heavy (non-hydrogen) atoms. The first kappa shape index (κ1) is 17.3. The van der Waals surface area contributed by atoms with Crippen LogP contribution in [0.3, 0.4) is 0 Å². The molecule has 1 aromatic carbocycles. The number of carbonyl (C=O) groups is 1. The molecule has 0 bridgehead atoms. The molecule has 4 rings (SSSR count). The topological polar surface area (TPSA) is 38.1 Å². The molecule has 3 heterocycles. The van der Waals surface area contributed by atoms with Crippen LogP contribution in [0.4, 0.5) is 0 Å². The number of benzene rings is 1. The maximum atomic E-state index is 13.2. The number of likely N-dealkylation sites (tertiary alicyclic amines) is 1. The molecule has 0 N–H and O–H groups in total. The van der Waals surface area contributed by atoms with Gasteiger partial charge in [-0.05, 0) is 70.7 Å². The van der Waals surface area contributed by atoms with Crippen LogP contribution in [0.1, 0.15) is 54.0 Å². The van der Waals surface area contributed by atoms with Gasteiger partial charge in [-0.1, -0.05) is 12.1 Å². The predicted molar refractivity (Wildman–Crippen MR) is 107 cm³/mol. The summed E-state index contributed by atoms with van der Waals surface area (Å²) in [6, 6.07) is 11.0. The summed E-state index contributed by atoms with van der Waals surface area (Å²) in [7, 11) is 0. The van der Waals surface area contributed by atoms with Gasteiger partial charge in [-0.3, -0.25) is 4.79 Å². The minimum absolute atomic E-state index is 0.168. The number of aryl methyl sites for hydroxylation is 2. The highest BCUT2D eigenvalue weighted by Gasteiger charge is 2.31. The average Bonchev–Trinajstić information content (AvgIpc) is 3.15. The molecule has 1 aliphatic heterocycles. The summed E-state index contributed by atoms with van der Waals surface area (Å²) in [5.74, 6) is 0.168. The lowest BCUT2D eigenvalue weighted by atomic mass is 9.97. The van der Waals surface area contributed by atoms with Gasteiger partial charge in [-0.2, -0.15) is 5.10 Å². The van der Waals surface area contributed by atoms with Crippen LogP contribution in [0.2, 0.25) is 0 Å². The molecule has 136 valence electrons. The fourth-order valence-corrected chi connectivity index (χ4v) is 5.16. The van der Waals surface area contributed by atoms with Crippen molar-refractivity contribution in [2.45, 2.75) is 59.0 Å². The van der Waals surface area contributed by atoms with Gasteiger partial charge in [0.25, 0.3) is 5.91 Å². The Labute approximate surface area is 158 Å². The number of thiophene rings is 1. The third-order valence-electron chi connectivity index (χ3n) is 5.43. The standard InChI is InChI=1S/C21H25N3OS/c1-13-7-5-10-17(11-13)24-21-18(16(4)22-24)12-19(26-21)20(25)23-14(2)8-6-9-15(23)3/h5,7,10-12,14-15H,6,8-9H2,1-4H3/t14-,15+. The molecule has 0 radical (unpaired) electrons. The number of fused-ring (bicyclic) bond motifs is 1. The lowest BCUT2D eigenvalue weighted by molar-refractivity contribution is 0.0516. The first-order chi connectivity index (χ1) is 12.5. The van der Waals surface area contributed by atoms with E-state index in [1.165, 1.54) is 12.0 Å². The zero-order chi connectivity index (χ0) is 18.4. The zero-order valence-corrected chi connectivity index (χ0v) is 16.6. The SMILES string of the molecule is Cc1cccc(-n2nc(C)c3cc(C(=O)N4[C@H](C)CCC[C@@H]4C)sc32)c1. The fourth-order valence-electron chi connectivity index (χ4n) is 4.04. The van der Waals surface area contributed by atoms with Gasteiger partial charge in [0, 0.05) is 17.5 Å². The van der Waals surface area contributed by atoms with E-state index in [0.29, 0.717) is 12.1 Å². The molecule has 2 atom stereocenters. The second kappa shape index (κ2) is 6.54. The van der Waals surface area contributed by atoms with Crippen LogP contribution in [-0.4, -0.2) is 32.7 Å². The van der Waals surface area contributed by atoms with E-state index in [1.54, 1.807) is 11.3 Å². The molecule has 0 saturated carbocycles. The van der Waals surface area contributed by atoms with E-state index in [4.69, 9.17) is 5.10 Å². The Kier molecular flexibility index (Phi) is 4.35. The quantitative estimate of drug-likeness (QED) is 0.631. The van der Waals surface area contributed by atoms with Gasteiger partial charge in [0.15, 0.2) is 0 Å². The highest BCUT2D eigenvalue weighted by atomic mass is 32.1. The van der Waals surface area contributed by atoms with Crippen molar-refractivity contribution in [3.05, 3.63) is 46.5 Å². The minimum Gasteiger partial charge on any atom is -0.333 e. The second-order valence-corrected chi connectivity index (χ2v) is 8.54. The summed E-state index contributed by atoms with van der Waals surface area (Å²) in [5.41, 5.74) is 3.22. The van der Waals surface area contributed by atoms with E-state index in [1.807, 2.05) is 23.7 Å². The normalized spacial score (nSPS) is 20.7. The number of carbonyl (C=O) groups excluding carboxylic acids is 1. The van der Waals surface area contributed by atoms with Crippen LogP contribution < -0.4 is 0 Å². The number of rotatable bonds is 2. The van der Waals surface area contributed by atoms with Crippen molar-refractivity contribution in [2.75, 3.05) is 0 Å². The van der Waals surface area contributed by atoms with Crippen molar-refractivity contribution in [3.8, 4) is 5.69 Å². The van der Waals surface area contributed by atoms with Crippen molar-refractivity contribution >= 4 is 27.5 Å². The third-order valence-corrected chi connectivity index (χ3v) is 6.53. The minimum atomic E-state index is 0.168. The van der Waals surface area contributed by atoms with Crippen LogP contribution >= 0.6 is 11.3 Å². The average molecular weight is 368 g/mol. The second-order valence-electron chi connectivity index (χ2n) is 7.51. The molecule has 2 aromatic heterocycles. The summed E-state index contributed by atoms with van der Waals surface area (Å²) in [6.45, 7) is 8.43. The summed E-state index contributed by atoms with van der Waals surface area (Å²) in [5, 5.41) is 5.79. The van der Waals surface area contributed by atoms with Crippen LogP contribution in [0.25, 0.3) is 15.9 Å². The van der Waals surface area contributed by atoms with Gasteiger partial charge in [-0.25, -0.2) is 4.68 Å². The van der Waals surface area contributed by atoms with E-state index in [2.05, 4.69) is 43.9 Å². The van der Waals surface area contributed by atoms with Crippen molar-refractivity contribution in [3.63, 3.8) is 0 Å². The molecule has 5 heteroatoms. The van der Waals surface area contributed by atoms with E-state index in [-0.39, 0.29) is 5.91 Å². The van der Waals surface area contributed by atoms with Gasteiger partial charge in [0.1, 0.15) is 4.83 Å². The van der Waals surface area contributed by atoms with Gasteiger partial charge < -0.3 is 4.90 Å². The molecular formula is C21H25N3OS. The Morgan fingerprint density at radius 2 is 1.88 bits per heavy atom. The zero-order valence-electron chi connectivity index (χ0n) is 15.8. The lowest BCUT2D eigenvalue weighted by Crippen LogP contribution is -2.47. The van der Waals surface area contributed by atoms with Crippen LogP contribution in [-0.2, 0) is 0 Å². The molecule has 1 amide bonds. The molecule has 3 aromatic rings. The van der Waals surface area contributed by atoms with Crippen molar-refractivity contribution in [1.29, 1.82) is 0 Å². The Morgan fingerprint density at radius 3 is 2.58 bits per heavy atom. The van der Waals surface area contributed by atoms with Crippen LogP contribution in [0.15, 0.2) is 30.3 Å². The van der Waals surface area contributed by atoms with Gasteiger partial charge in [-0.15, -0.1) is 11.3 Å². The molecule has 0 unspecified atom stereocenters. The number of nitrogens with zero attached hydrogens (tertiary/aromatic N) is 3. The summed E-state index contributed by atoms with van der Waals surface area (Å²) >= 11 is 1.56. The molecule has 0 spiro atoms. The number of hydrogen-bond acceptors (Lipinski definition) is 3. The number of amides is 1. The molecular weight excluding hydrogens is 342 g/mol. The molecule has 4 nitrogen and oxygen atoms in total. The maximum absolute atomic E-state index is 13.2. The first-order valence-corrected chi connectivity index (χ1v) is 10.2. The predicted octanol–water partition coefficient (Wildman–Crippen LogP) is 5.11. The largest absolute Gasteiger partial charge is 0.333 e. The highest BCUT2D eigenvalue weighted by molar-refractivity contribution is 7.20. The molecule has 1 saturated heterocycles. The molecule has 1 aliphatic rings. The fraction of sp³-hybridized carbons (Fsp3) is 0.429. The van der Waals surface area contributed by atoms with Gasteiger partial charge in [0.05, 0.1) is 16.3 Å². The van der Waals surface area contributed by atoms with Crippen LogP contribution in [0, 0.1) is 13.8 Å². The van der Waals surface area contributed by atoms with E-state index in [0.717, 1.165) is 39.3 Å². The Hall–Kier alpha value is -2.14. The van der Waals surface area contributed by atoms with Gasteiger partial charge in [0.2, 0.25) is 0 Å². The Balaban J connectivity index is 1.76. The van der Waals surface area contributed by atoms with E-state index in [9.17, 15) is 4.79 Å². The Morgan fingerprint density at radius 1 is 1.15 bits per heavy atom. The maximum Gasteiger partial charge on any atom is 0.264 e. The number of hydrogen-bond donors (Lipinski definition) is 0. The Bertz CT molecular complexity index is 961. The smallest absolute Gasteiger partial charge is 0.264 e.